The van der Waals surface area contributed by atoms with Crippen LogP contribution in [-0.4, -0.2) is 13.7 Å². The van der Waals surface area contributed by atoms with Crippen LogP contribution in [0.5, 0.6) is 5.75 Å². The Labute approximate surface area is 131 Å². The number of anilines is 1. The summed E-state index contributed by atoms with van der Waals surface area (Å²) in [6, 6.07) is 17.3. The van der Waals surface area contributed by atoms with Crippen molar-refractivity contribution in [2.24, 2.45) is 5.92 Å². The van der Waals surface area contributed by atoms with Crippen molar-refractivity contribution in [1.82, 2.24) is 0 Å². The van der Waals surface area contributed by atoms with Gasteiger partial charge in [-0.3, -0.25) is 0 Å². The zero-order valence-corrected chi connectivity index (χ0v) is 12.8. The van der Waals surface area contributed by atoms with Gasteiger partial charge in [-0.25, -0.2) is 0 Å². The van der Waals surface area contributed by atoms with Crippen LogP contribution in [0.15, 0.2) is 48.5 Å². The van der Waals surface area contributed by atoms with Crippen LogP contribution in [0.3, 0.4) is 0 Å². The third-order valence-electron chi connectivity index (χ3n) is 4.83. The molecule has 0 saturated carbocycles. The van der Waals surface area contributed by atoms with E-state index >= 15 is 0 Å². The zero-order chi connectivity index (χ0) is 14.9. The predicted molar refractivity (Wildman–Crippen MR) is 87.2 cm³/mol. The molecule has 1 saturated heterocycles. The SMILES string of the molecule is COc1ccc2c(c1)[C@H]1OCCC[C@H]1[C@H](c1ccccc1)N2. The Bertz CT molecular complexity index is 656. The highest BCUT2D eigenvalue weighted by Crippen LogP contribution is 2.49. The maximum absolute atomic E-state index is 6.16. The van der Waals surface area contributed by atoms with E-state index in [1.54, 1.807) is 7.11 Å². The van der Waals surface area contributed by atoms with Crippen LogP contribution in [0.1, 0.15) is 36.1 Å². The molecule has 0 radical (unpaired) electrons. The van der Waals surface area contributed by atoms with Crippen LogP contribution in [0, 0.1) is 5.92 Å². The molecule has 0 bridgehead atoms. The number of ether oxygens (including phenoxy) is 2. The molecule has 2 aromatic rings. The molecule has 3 heteroatoms. The molecule has 1 fully saturated rings. The first-order valence-electron chi connectivity index (χ1n) is 7.98. The minimum atomic E-state index is 0.158. The molecule has 0 aliphatic carbocycles. The summed E-state index contributed by atoms with van der Waals surface area (Å²) in [7, 11) is 1.71. The average molecular weight is 295 g/mol. The van der Waals surface area contributed by atoms with Gasteiger partial charge >= 0.3 is 0 Å². The lowest BCUT2D eigenvalue weighted by Crippen LogP contribution is -2.35. The zero-order valence-electron chi connectivity index (χ0n) is 12.8. The summed E-state index contributed by atoms with van der Waals surface area (Å²) in [5.41, 5.74) is 3.73. The minimum Gasteiger partial charge on any atom is -0.497 e. The second-order valence-electron chi connectivity index (χ2n) is 6.08. The van der Waals surface area contributed by atoms with E-state index < -0.39 is 0 Å². The first-order valence-corrected chi connectivity index (χ1v) is 7.98. The molecule has 2 aliphatic rings. The Morgan fingerprint density at radius 1 is 1.14 bits per heavy atom. The van der Waals surface area contributed by atoms with Crippen LogP contribution in [-0.2, 0) is 4.74 Å². The van der Waals surface area contributed by atoms with Crippen molar-refractivity contribution < 1.29 is 9.47 Å². The number of hydrogen-bond donors (Lipinski definition) is 1. The highest BCUT2D eigenvalue weighted by atomic mass is 16.5. The molecule has 114 valence electrons. The van der Waals surface area contributed by atoms with E-state index in [1.807, 2.05) is 6.07 Å². The quantitative estimate of drug-likeness (QED) is 0.894. The van der Waals surface area contributed by atoms with Gasteiger partial charge in [0.2, 0.25) is 0 Å². The Hall–Kier alpha value is -2.00. The number of benzene rings is 2. The van der Waals surface area contributed by atoms with Crippen molar-refractivity contribution in [2.45, 2.75) is 25.0 Å². The largest absolute Gasteiger partial charge is 0.497 e. The number of methoxy groups -OCH3 is 1. The average Bonchev–Trinajstić information content (AvgIpc) is 2.61. The predicted octanol–water partition coefficient (Wildman–Crippen LogP) is 4.33. The van der Waals surface area contributed by atoms with E-state index in [2.05, 4.69) is 47.8 Å². The first kappa shape index (κ1) is 13.6. The summed E-state index contributed by atoms with van der Waals surface area (Å²) in [5, 5.41) is 3.73. The fourth-order valence-electron chi connectivity index (χ4n) is 3.77. The van der Waals surface area contributed by atoms with Crippen LogP contribution in [0.2, 0.25) is 0 Å². The van der Waals surface area contributed by atoms with E-state index in [9.17, 15) is 0 Å². The third-order valence-corrected chi connectivity index (χ3v) is 4.83. The van der Waals surface area contributed by atoms with Crippen molar-refractivity contribution in [3.05, 3.63) is 59.7 Å². The normalized spacial score (nSPS) is 26.5. The van der Waals surface area contributed by atoms with Gasteiger partial charge in [-0.15, -0.1) is 0 Å². The number of fused-ring (bicyclic) bond motifs is 3. The van der Waals surface area contributed by atoms with E-state index in [1.165, 1.54) is 17.5 Å². The van der Waals surface area contributed by atoms with Gasteiger partial charge in [-0.2, -0.15) is 0 Å². The number of nitrogens with one attached hydrogen (secondary N) is 1. The summed E-state index contributed by atoms with van der Waals surface area (Å²) in [6.45, 7) is 0.847. The fraction of sp³-hybridized carbons (Fsp3) is 0.368. The van der Waals surface area contributed by atoms with Crippen molar-refractivity contribution in [3.63, 3.8) is 0 Å². The highest BCUT2D eigenvalue weighted by molar-refractivity contribution is 5.59. The maximum Gasteiger partial charge on any atom is 0.119 e. The second kappa shape index (κ2) is 5.65. The monoisotopic (exact) mass is 295 g/mol. The molecular weight excluding hydrogens is 274 g/mol. The summed E-state index contributed by atoms with van der Waals surface area (Å²) in [6.07, 6.45) is 2.48. The minimum absolute atomic E-state index is 0.158. The van der Waals surface area contributed by atoms with Gasteiger partial charge in [0.05, 0.1) is 19.3 Å². The Balaban J connectivity index is 1.77. The van der Waals surface area contributed by atoms with E-state index in [0.29, 0.717) is 12.0 Å². The van der Waals surface area contributed by atoms with Crippen molar-refractivity contribution in [1.29, 1.82) is 0 Å². The lowest BCUT2D eigenvalue weighted by Gasteiger charge is -2.43. The van der Waals surface area contributed by atoms with Gasteiger partial charge in [0.25, 0.3) is 0 Å². The van der Waals surface area contributed by atoms with Crippen LogP contribution >= 0.6 is 0 Å². The van der Waals surface area contributed by atoms with Gasteiger partial charge in [0, 0.05) is 23.8 Å². The van der Waals surface area contributed by atoms with Crippen LogP contribution < -0.4 is 10.1 Å². The third kappa shape index (κ3) is 2.26. The van der Waals surface area contributed by atoms with E-state index in [4.69, 9.17) is 9.47 Å². The maximum atomic E-state index is 6.16. The van der Waals surface area contributed by atoms with Crippen molar-refractivity contribution in [3.8, 4) is 5.75 Å². The molecular formula is C19H21NO2. The Morgan fingerprint density at radius 2 is 2.00 bits per heavy atom. The Kier molecular flexibility index (Phi) is 3.51. The highest BCUT2D eigenvalue weighted by Gasteiger charge is 2.39. The molecule has 4 rings (SSSR count). The van der Waals surface area contributed by atoms with Gasteiger partial charge in [0.1, 0.15) is 5.75 Å². The van der Waals surface area contributed by atoms with Gasteiger partial charge in [-0.1, -0.05) is 30.3 Å². The molecule has 2 heterocycles. The van der Waals surface area contributed by atoms with Gasteiger partial charge in [-0.05, 0) is 36.6 Å². The molecule has 0 amide bonds. The molecule has 2 aliphatic heterocycles. The molecule has 1 N–H and O–H groups in total. The molecule has 0 spiro atoms. The van der Waals surface area contributed by atoms with E-state index in [-0.39, 0.29) is 6.10 Å². The second-order valence-corrected chi connectivity index (χ2v) is 6.08. The fourth-order valence-corrected chi connectivity index (χ4v) is 3.77. The van der Waals surface area contributed by atoms with Crippen LogP contribution in [0.25, 0.3) is 0 Å². The lowest BCUT2D eigenvalue weighted by molar-refractivity contribution is -0.0382. The Morgan fingerprint density at radius 3 is 2.82 bits per heavy atom. The van der Waals surface area contributed by atoms with Gasteiger partial charge < -0.3 is 14.8 Å². The number of hydrogen-bond acceptors (Lipinski definition) is 3. The van der Waals surface area contributed by atoms with Crippen molar-refractivity contribution >= 4 is 5.69 Å². The van der Waals surface area contributed by atoms with Crippen LogP contribution in [0.4, 0.5) is 5.69 Å². The van der Waals surface area contributed by atoms with E-state index in [0.717, 1.165) is 24.5 Å². The molecule has 3 nitrogen and oxygen atoms in total. The summed E-state index contributed by atoms with van der Waals surface area (Å²) < 4.78 is 11.6. The summed E-state index contributed by atoms with van der Waals surface area (Å²) in [4.78, 5) is 0. The standard InChI is InChI=1S/C19H21NO2/c1-21-14-9-10-17-16(12-14)19-15(8-5-11-22-19)18(20-17)13-6-3-2-4-7-13/h2-4,6-7,9-10,12,15,18-20H,5,8,11H2,1H3/t15-,18-,19-/m0/s1. The topological polar surface area (TPSA) is 30.5 Å². The molecule has 22 heavy (non-hydrogen) atoms. The molecule has 0 unspecified atom stereocenters. The smallest absolute Gasteiger partial charge is 0.119 e. The lowest BCUT2D eigenvalue weighted by atomic mass is 9.77. The molecule has 3 atom stereocenters. The summed E-state index contributed by atoms with van der Waals surface area (Å²) >= 11 is 0. The molecule has 2 aromatic carbocycles. The molecule has 0 aromatic heterocycles. The van der Waals surface area contributed by atoms with Gasteiger partial charge in [0.15, 0.2) is 0 Å². The van der Waals surface area contributed by atoms with Crippen molar-refractivity contribution in [2.75, 3.05) is 19.0 Å². The number of rotatable bonds is 2. The first-order chi connectivity index (χ1) is 10.9. The summed E-state index contributed by atoms with van der Waals surface area (Å²) in [5.74, 6) is 1.36.